The van der Waals surface area contributed by atoms with Crippen molar-refractivity contribution in [1.29, 1.82) is 0 Å². The van der Waals surface area contributed by atoms with Crippen molar-refractivity contribution in [1.82, 2.24) is 5.32 Å². The van der Waals surface area contributed by atoms with E-state index in [4.69, 9.17) is 0 Å². The molecular formula is C12H15FN2O2. The summed E-state index contributed by atoms with van der Waals surface area (Å²) in [6.45, 7) is 3.25. The van der Waals surface area contributed by atoms with Crippen LogP contribution in [0.2, 0.25) is 0 Å². The summed E-state index contributed by atoms with van der Waals surface area (Å²) in [5, 5.41) is 13.5. The Morgan fingerprint density at radius 1 is 1.53 bits per heavy atom. The molecule has 0 atom stereocenters. The fraction of sp³-hybridized carbons (Fsp3) is 0.333. The molecule has 0 aliphatic heterocycles. The van der Waals surface area contributed by atoms with E-state index >= 15 is 0 Å². The molecule has 0 fully saturated rings. The fourth-order valence-corrected chi connectivity index (χ4v) is 1.39. The van der Waals surface area contributed by atoms with E-state index in [1.807, 2.05) is 19.1 Å². The number of nitrogens with one attached hydrogen (secondary N) is 1. The average molecular weight is 238 g/mol. The van der Waals surface area contributed by atoms with Gasteiger partial charge in [-0.2, -0.15) is 4.39 Å². The molecule has 92 valence electrons. The van der Waals surface area contributed by atoms with Crippen LogP contribution in [0.5, 0.6) is 0 Å². The van der Waals surface area contributed by atoms with Crippen LogP contribution < -0.4 is 5.32 Å². The van der Waals surface area contributed by atoms with Crippen LogP contribution >= 0.6 is 0 Å². The topological polar surface area (TPSA) is 55.2 Å². The number of nitro benzene ring substituents is 1. The molecule has 5 heteroatoms. The number of allylic oxidation sites excluding steroid dienone is 1. The van der Waals surface area contributed by atoms with Gasteiger partial charge in [0, 0.05) is 12.6 Å². The van der Waals surface area contributed by atoms with E-state index in [0.717, 1.165) is 13.0 Å². The number of halogens is 1. The van der Waals surface area contributed by atoms with Crippen molar-refractivity contribution in [3.05, 3.63) is 51.8 Å². The first-order chi connectivity index (χ1) is 8.15. The number of benzene rings is 1. The maximum atomic E-state index is 13.3. The predicted octanol–water partition coefficient (Wildman–Crippen LogP) is 2.79. The molecule has 1 aromatic rings. The monoisotopic (exact) mass is 238 g/mol. The Morgan fingerprint density at radius 3 is 2.88 bits per heavy atom. The Labute approximate surface area is 99.3 Å². The van der Waals surface area contributed by atoms with Crippen molar-refractivity contribution in [2.45, 2.75) is 19.9 Å². The molecule has 0 unspecified atom stereocenters. The van der Waals surface area contributed by atoms with Crippen molar-refractivity contribution >= 4 is 5.69 Å². The Kier molecular flexibility index (Phi) is 5.29. The molecule has 0 aliphatic carbocycles. The van der Waals surface area contributed by atoms with E-state index in [-0.39, 0.29) is 0 Å². The number of nitro groups is 1. The van der Waals surface area contributed by atoms with E-state index in [0.29, 0.717) is 12.1 Å². The van der Waals surface area contributed by atoms with Crippen LogP contribution in [0.1, 0.15) is 18.9 Å². The van der Waals surface area contributed by atoms with Crippen molar-refractivity contribution < 1.29 is 9.31 Å². The van der Waals surface area contributed by atoms with Gasteiger partial charge in [0.1, 0.15) is 0 Å². The highest BCUT2D eigenvalue weighted by Gasteiger charge is 2.13. The summed E-state index contributed by atoms with van der Waals surface area (Å²) in [6, 6.07) is 3.95. The summed E-state index contributed by atoms with van der Waals surface area (Å²) in [7, 11) is 0. The molecule has 1 rings (SSSR count). The minimum Gasteiger partial charge on any atom is -0.312 e. The van der Waals surface area contributed by atoms with Gasteiger partial charge < -0.3 is 5.32 Å². The second-order valence-corrected chi connectivity index (χ2v) is 3.58. The van der Waals surface area contributed by atoms with Gasteiger partial charge in [-0.1, -0.05) is 18.2 Å². The van der Waals surface area contributed by atoms with Crippen LogP contribution in [0, 0.1) is 15.9 Å². The van der Waals surface area contributed by atoms with Gasteiger partial charge in [-0.15, -0.1) is 0 Å². The quantitative estimate of drug-likeness (QED) is 0.359. The zero-order chi connectivity index (χ0) is 12.7. The minimum absolute atomic E-state index is 0.484. The Morgan fingerprint density at radius 2 is 2.29 bits per heavy atom. The molecule has 0 heterocycles. The van der Waals surface area contributed by atoms with Gasteiger partial charge in [-0.3, -0.25) is 10.1 Å². The molecule has 1 N–H and O–H groups in total. The molecule has 4 nitrogen and oxygen atoms in total. The number of rotatable bonds is 6. The first-order valence-corrected chi connectivity index (χ1v) is 5.40. The Balaban J connectivity index is 2.50. The molecular weight excluding hydrogens is 223 g/mol. The molecule has 0 saturated carbocycles. The fourth-order valence-electron chi connectivity index (χ4n) is 1.39. The smallest absolute Gasteiger partial charge is 0.304 e. The molecule has 17 heavy (non-hydrogen) atoms. The van der Waals surface area contributed by atoms with Crippen LogP contribution in [0.4, 0.5) is 10.1 Å². The van der Waals surface area contributed by atoms with Gasteiger partial charge in [0.15, 0.2) is 0 Å². The third-order valence-corrected chi connectivity index (χ3v) is 2.26. The molecule has 0 saturated heterocycles. The number of hydrogen-bond donors (Lipinski definition) is 1. The van der Waals surface area contributed by atoms with Gasteiger partial charge in [0.25, 0.3) is 0 Å². The zero-order valence-electron chi connectivity index (χ0n) is 9.65. The summed E-state index contributed by atoms with van der Waals surface area (Å²) in [5.41, 5.74) is 0.219. The lowest BCUT2D eigenvalue weighted by atomic mass is 10.2. The summed E-state index contributed by atoms with van der Waals surface area (Å²) in [4.78, 5) is 9.68. The van der Waals surface area contributed by atoms with E-state index in [9.17, 15) is 14.5 Å². The minimum atomic E-state index is -0.789. The lowest BCUT2D eigenvalue weighted by Gasteiger charge is -2.03. The van der Waals surface area contributed by atoms with Gasteiger partial charge in [-0.25, -0.2) is 0 Å². The zero-order valence-corrected chi connectivity index (χ0v) is 9.65. The third-order valence-electron chi connectivity index (χ3n) is 2.26. The van der Waals surface area contributed by atoms with Crippen LogP contribution in [0.25, 0.3) is 0 Å². The van der Waals surface area contributed by atoms with E-state index in [1.54, 1.807) is 6.07 Å². The summed E-state index contributed by atoms with van der Waals surface area (Å²) < 4.78 is 13.3. The highest BCUT2D eigenvalue weighted by atomic mass is 19.1. The van der Waals surface area contributed by atoms with E-state index in [1.165, 1.54) is 12.1 Å². The highest BCUT2D eigenvalue weighted by Crippen LogP contribution is 2.17. The van der Waals surface area contributed by atoms with E-state index in [2.05, 4.69) is 5.32 Å². The summed E-state index contributed by atoms with van der Waals surface area (Å²) in [6.07, 6.45) is 4.91. The van der Waals surface area contributed by atoms with Crippen LogP contribution in [0.3, 0.4) is 0 Å². The van der Waals surface area contributed by atoms with Gasteiger partial charge in [0.2, 0.25) is 5.82 Å². The first-order valence-electron chi connectivity index (χ1n) is 5.40. The van der Waals surface area contributed by atoms with Crippen molar-refractivity contribution in [3.8, 4) is 0 Å². The first kappa shape index (κ1) is 13.3. The van der Waals surface area contributed by atoms with Crippen LogP contribution in [0.15, 0.2) is 30.4 Å². The standard InChI is InChI=1S/C12H15FN2O2/c1-2-3-4-7-14-9-10-5-6-12(15(16)17)11(13)8-10/h2-3,5-6,8,14H,4,7,9H2,1H3/b3-2+. The molecule has 0 spiro atoms. The van der Waals surface area contributed by atoms with Crippen molar-refractivity contribution in [3.63, 3.8) is 0 Å². The molecule has 0 bridgehead atoms. The van der Waals surface area contributed by atoms with Crippen LogP contribution in [-0.4, -0.2) is 11.5 Å². The molecule has 0 aromatic heterocycles. The maximum Gasteiger partial charge on any atom is 0.304 e. The van der Waals surface area contributed by atoms with E-state index < -0.39 is 16.4 Å². The highest BCUT2D eigenvalue weighted by molar-refractivity contribution is 5.34. The SMILES string of the molecule is C/C=C/CCNCc1ccc([N+](=O)[O-])c(F)c1. The lowest BCUT2D eigenvalue weighted by molar-refractivity contribution is -0.387. The lowest BCUT2D eigenvalue weighted by Crippen LogP contribution is -2.14. The maximum absolute atomic E-state index is 13.3. The molecule has 0 amide bonds. The molecule has 0 aliphatic rings. The third kappa shape index (κ3) is 4.32. The van der Waals surface area contributed by atoms with Crippen molar-refractivity contribution in [2.24, 2.45) is 0 Å². The number of hydrogen-bond acceptors (Lipinski definition) is 3. The summed E-state index contributed by atoms with van der Waals surface area (Å²) >= 11 is 0. The normalized spacial score (nSPS) is 10.9. The van der Waals surface area contributed by atoms with Gasteiger partial charge >= 0.3 is 5.69 Å². The average Bonchev–Trinajstić information content (AvgIpc) is 2.28. The van der Waals surface area contributed by atoms with Gasteiger partial charge in [0.05, 0.1) is 4.92 Å². The van der Waals surface area contributed by atoms with Gasteiger partial charge in [-0.05, 0) is 31.5 Å². The second-order valence-electron chi connectivity index (χ2n) is 3.58. The second kappa shape index (κ2) is 6.75. The molecule has 0 radical (unpaired) electrons. The summed E-state index contributed by atoms with van der Waals surface area (Å²) in [5.74, 6) is -0.789. The van der Waals surface area contributed by atoms with Crippen LogP contribution in [-0.2, 0) is 6.54 Å². The Hall–Kier alpha value is -1.75. The predicted molar refractivity (Wildman–Crippen MR) is 64.2 cm³/mol. The van der Waals surface area contributed by atoms with Crippen molar-refractivity contribution in [2.75, 3.05) is 6.54 Å². The molecule has 1 aromatic carbocycles. The largest absolute Gasteiger partial charge is 0.312 e. The number of nitrogens with zero attached hydrogens (tertiary/aromatic N) is 1. The Bertz CT molecular complexity index is 419.